The van der Waals surface area contributed by atoms with Crippen molar-refractivity contribution < 1.29 is 4.79 Å². The summed E-state index contributed by atoms with van der Waals surface area (Å²) in [5.41, 5.74) is 8.58. The fraction of sp³-hybridized carbons (Fsp3) is 0.290. The van der Waals surface area contributed by atoms with Gasteiger partial charge in [0.2, 0.25) is 5.91 Å². The number of rotatable bonds is 8. The smallest absolute Gasteiger partial charge is 0.226 e. The third-order valence-corrected chi connectivity index (χ3v) is 7.79. The lowest BCUT2D eigenvalue weighted by molar-refractivity contribution is -0.116. The van der Waals surface area contributed by atoms with Crippen LogP contribution in [-0.4, -0.2) is 37.0 Å². The van der Waals surface area contributed by atoms with Crippen LogP contribution in [0.3, 0.4) is 0 Å². The Labute approximate surface area is 235 Å². The molecule has 0 bridgehead atoms. The van der Waals surface area contributed by atoms with Crippen LogP contribution < -0.4 is 10.6 Å². The molecule has 3 aromatic heterocycles. The van der Waals surface area contributed by atoms with Crippen molar-refractivity contribution in [2.45, 2.75) is 52.7 Å². The number of carbonyl (C=O) groups excluding carboxylic acids is 1. The third-order valence-electron chi connectivity index (χ3n) is 7.44. The Bertz CT molecular complexity index is 1480. The lowest BCUT2D eigenvalue weighted by atomic mass is 9.96. The first-order valence-electron chi connectivity index (χ1n) is 13.2. The van der Waals surface area contributed by atoms with Gasteiger partial charge in [-0.1, -0.05) is 24.3 Å². The number of benzene rings is 1. The quantitative estimate of drug-likeness (QED) is 0.286. The number of hydrogen-bond donors (Lipinski definition) is 2. The number of anilines is 1. The van der Waals surface area contributed by atoms with Crippen LogP contribution in [0, 0.1) is 27.7 Å². The van der Waals surface area contributed by atoms with Crippen molar-refractivity contribution >= 4 is 28.9 Å². The number of carbonyl (C=O) groups is 1. The standard InChI is InChI=1S/C31H34N6OS/c1-20-10-11-21(2)27(16-20)34-28(38)12-15-36-30(29(35-31(36)39)26-9-5-6-14-33-26)25-17-22(3)37(23(25)4)19-24-8-7-13-32-18-24/h5-11,13-14,16-18,29-30H,12,15,19H2,1-4H3,(H,34,38)(H,35,39)/t29-,30-/m0/s1. The topological polar surface area (TPSA) is 75.1 Å². The first-order valence-corrected chi connectivity index (χ1v) is 13.6. The molecular formula is C31H34N6OS. The number of nitrogens with one attached hydrogen (secondary N) is 2. The van der Waals surface area contributed by atoms with Gasteiger partial charge in [0, 0.05) is 55.2 Å². The number of pyridine rings is 2. The fourth-order valence-electron chi connectivity index (χ4n) is 5.33. The van der Waals surface area contributed by atoms with E-state index >= 15 is 0 Å². The summed E-state index contributed by atoms with van der Waals surface area (Å²) < 4.78 is 2.31. The predicted molar refractivity (Wildman–Crippen MR) is 159 cm³/mol. The summed E-state index contributed by atoms with van der Waals surface area (Å²) in [5, 5.41) is 7.23. The lowest BCUT2D eigenvalue weighted by Gasteiger charge is -2.28. The van der Waals surface area contributed by atoms with Crippen molar-refractivity contribution in [2.75, 3.05) is 11.9 Å². The van der Waals surface area contributed by atoms with E-state index in [0.29, 0.717) is 18.1 Å². The van der Waals surface area contributed by atoms with Crippen molar-refractivity contribution in [3.8, 4) is 0 Å². The second-order valence-electron chi connectivity index (χ2n) is 10.2. The molecule has 1 saturated heterocycles. The van der Waals surface area contributed by atoms with Crippen LogP contribution in [0.25, 0.3) is 0 Å². The van der Waals surface area contributed by atoms with Gasteiger partial charge in [0.1, 0.15) is 0 Å². The average Bonchev–Trinajstić information content (AvgIpc) is 3.41. The summed E-state index contributed by atoms with van der Waals surface area (Å²) in [6.07, 6.45) is 5.82. The van der Waals surface area contributed by atoms with E-state index in [4.69, 9.17) is 12.2 Å². The first kappa shape index (κ1) is 26.6. The van der Waals surface area contributed by atoms with Crippen LogP contribution in [0.15, 0.2) is 73.2 Å². The SMILES string of the molecule is Cc1ccc(C)c(NC(=O)CCN2C(=S)N[C@@H](c3ccccn3)[C@@H]2c2cc(C)n(Cc3cccnc3)c2C)c1. The molecule has 4 aromatic rings. The minimum atomic E-state index is -0.131. The molecule has 1 aliphatic heterocycles. The zero-order valence-corrected chi connectivity index (χ0v) is 23.6. The molecule has 0 unspecified atom stereocenters. The highest BCUT2D eigenvalue weighted by Crippen LogP contribution is 2.41. The highest BCUT2D eigenvalue weighted by molar-refractivity contribution is 7.80. The maximum Gasteiger partial charge on any atom is 0.226 e. The molecular weight excluding hydrogens is 504 g/mol. The molecule has 4 heterocycles. The van der Waals surface area contributed by atoms with Gasteiger partial charge in [0.25, 0.3) is 0 Å². The van der Waals surface area contributed by atoms with E-state index in [2.05, 4.69) is 56.0 Å². The van der Waals surface area contributed by atoms with Crippen LogP contribution in [-0.2, 0) is 11.3 Å². The van der Waals surface area contributed by atoms with Crippen LogP contribution >= 0.6 is 12.2 Å². The van der Waals surface area contributed by atoms with Gasteiger partial charge >= 0.3 is 0 Å². The van der Waals surface area contributed by atoms with Crippen LogP contribution in [0.2, 0.25) is 0 Å². The van der Waals surface area contributed by atoms with Crippen molar-refractivity contribution in [3.63, 3.8) is 0 Å². The van der Waals surface area contributed by atoms with E-state index in [9.17, 15) is 4.79 Å². The average molecular weight is 539 g/mol. The van der Waals surface area contributed by atoms with Gasteiger partial charge in [-0.3, -0.25) is 14.8 Å². The summed E-state index contributed by atoms with van der Waals surface area (Å²) >= 11 is 5.84. The monoisotopic (exact) mass is 538 g/mol. The zero-order valence-electron chi connectivity index (χ0n) is 22.8. The van der Waals surface area contributed by atoms with E-state index in [1.807, 2.05) is 68.7 Å². The highest BCUT2D eigenvalue weighted by atomic mass is 32.1. The summed E-state index contributed by atoms with van der Waals surface area (Å²) in [6.45, 7) is 9.54. The van der Waals surface area contributed by atoms with Gasteiger partial charge in [-0.2, -0.15) is 0 Å². The number of aromatic nitrogens is 3. The van der Waals surface area contributed by atoms with Crippen molar-refractivity contribution in [2.24, 2.45) is 0 Å². The van der Waals surface area contributed by atoms with E-state index in [1.165, 1.54) is 11.3 Å². The van der Waals surface area contributed by atoms with Gasteiger partial charge < -0.3 is 20.1 Å². The summed E-state index contributed by atoms with van der Waals surface area (Å²) in [4.78, 5) is 24.1. The molecule has 0 aliphatic carbocycles. The molecule has 0 radical (unpaired) electrons. The second kappa shape index (κ2) is 11.4. The van der Waals surface area contributed by atoms with Gasteiger partial charge in [-0.05, 0) is 92.5 Å². The van der Waals surface area contributed by atoms with Crippen molar-refractivity contribution in [3.05, 3.63) is 113 Å². The zero-order chi connectivity index (χ0) is 27.5. The van der Waals surface area contributed by atoms with Crippen LogP contribution in [0.5, 0.6) is 0 Å². The van der Waals surface area contributed by atoms with E-state index in [0.717, 1.165) is 40.3 Å². The fourth-order valence-corrected chi connectivity index (χ4v) is 5.67. The molecule has 39 heavy (non-hydrogen) atoms. The van der Waals surface area contributed by atoms with Crippen LogP contribution in [0.1, 0.15) is 57.8 Å². The minimum Gasteiger partial charge on any atom is -0.352 e. The molecule has 1 fully saturated rings. The van der Waals surface area contributed by atoms with Gasteiger partial charge in [0.05, 0.1) is 17.8 Å². The van der Waals surface area contributed by atoms with Gasteiger partial charge in [0.15, 0.2) is 5.11 Å². The Morgan fingerprint density at radius 2 is 1.90 bits per heavy atom. The normalized spacial score (nSPS) is 16.8. The first-order chi connectivity index (χ1) is 18.8. The molecule has 8 heteroatoms. The Balaban J connectivity index is 1.43. The summed E-state index contributed by atoms with van der Waals surface area (Å²) in [5.74, 6) is -0.0337. The van der Waals surface area contributed by atoms with Crippen LogP contribution in [0.4, 0.5) is 5.69 Å². The van der Waals surface area contributed by atoms with Crippen molar-refractivity contribution in [1.82, 2.24) is 24.8 Å². The maximum absolute atomic E-state index is 13.0. The molecule has 0 saturated carbocycles. The highest BCUT2D eigenvalue weighted by Gasteiger charge is 2.41. The molecule has 200 valence electrons. The van der Waals surface area contributed by atoms with E-state index in [1.54, 1.807) is 6.20 Å². The molecule has 1 aliphatic rings. The van der Waals surface area contributed by atoms with Crippen molar-refractivity contribution in [1.29, 1.82) is 0 Å². The summed E-state index contributed by atoms with van der Waals surface area (Å²) in [7, 11) is 0. The molecule has 1 amide bonds. The number of hydrogen-bond acceptors (Lipinski definition) is 4. The number of aryl methyl sites for hydroxylation is 3. The Morgan fingerprint density at radius 3 is 2.64 bits per heavy atom. The van der Waals surface area contributed by atoms with Gasteiger partial charge in [-0.15, -0.1) is 0 Å². The Hall–Kier alpha value is -4.04. The molecule has 0 spiro atoms. The predicted octanol–water partition coefficient (Wildman–Crippen LogP) is 5.56. The largest absolute Gasteiger partial charge is 0.352 e. The molecule has 2 atom stereocenters. The number of amides is 1. The number of nitrogens with zero attached hydrogens (tertiary/aromatic N) is 4. The van der Waals surface area contributed by atoms with Gasteiger partial charge in [-0.25, -0.2) is 0 Å². The number of thiocarbonyl (C=S) groups is 1. The minimum absolute atomic E-state index is 0.0337. The van der Waals surface area contributed by atoms with E-state index < -0.39 is 0 Å². The summed E-state index contributed by atoms with van der Waals surface area (Å²) in [6, 6.07) is 18.1. The molecule has 7 nitrogen and oxygen atoms in total. The second-order valence-corrected chi connectivity index (χ2v) is 10.6. The molecule has 2 N–H and O–H groups in total. The molecule has 5 rings (SSSR count). The third kappa shape index (κ3) is 5.71. The molecule has 1 aromatic carbocycles. The Kier molecular flexibility index (Phi) is 7.74. The maximum atomic E-state index is 13.0. The Morgan fingerprint density at radius 1 is 1.05 bits per heavy atom. The van der Waals surface area contributed by atoms with E-state index in [-0.39, 0.29) is 18.0 Å². The lowest BCUT2D eigenvalue weighted by Crippen LogP contribution is -2.33.